The van der Waals surface area contributed by atoms with Gasteiger partial charge in [-0.25, -0.2) is 0 Å². The molecule has 0 fully saturated rings. The van der Waals surface area contributed by atoms with Crippen molar-refractivity contribution in [2.45, 2.75) is 52.1 Å². The molecule has 0 saturated heterocycles. The molecule has 1 aliphatic rings. The molecule has 1 aliphatic heterocycles. The summed E-state index contributed by atoms with van der Waals surface area (Å²) < 4.78 is 2.26. The summed E-state index contributed by atoms with van der Waals surface area (Å²) in [7, 11) is 0. The third-order valence-corrected chi connectivity index (χ3v) is 3.96. The van der Waals surface area contributed by atoms with E-state index in [4.69, 9.17) is 0 Å². The molecule has 0 bridgehead atoms. The molecule has 4 nitrogen and oxygen atoms in total. The lowest BCUT2D eigenvalue weighted by molar-refractivity contribution is 0.510. The fraction of sp³-hybridized carbons (Fsp3) is 0.500. The summed E-state index contributed by atoms with van der Waals surface area (Å²) in [6.45, 7) is 6.23. The van der Waals surface area contributed by atoms with Gasteiger partial charge < -0.3 is 9.88 Å². The number of aromatic nitrogens is 3. The SMILES string of the molecule is CC(C)c1ccc(NCc2nnc3n2CCCC3)cc1. The van der Waals surface area contributed by atoms with E-state index in [1.165, 1.54) is 18.4 Å². The van der Waals surface area contributed by atoms with Crippen LogP contribution in [0.5, 0.6) is 0 Å². The quantitative estimate of drug-likeness (QED) is 0.926. The van der Waals surface area contributed by atoms with E-state index in [1.54, 1.807) is 0 Å². The van der Waals surface area contributed by atoms with Crippen molar-refractivity contribution < 1.29 is 0 Å². The van der Waals surface area contributed by atoms with Gasteiger partial charge in [0, 0.05) is 18.7 Å². The Labute approximate surface area is 120 Å². The van der Waals surface area contributed by atoms with Crippen molar-refractivity contribution in [1.82, 2.24) is 14.8 Å². The van der Waals surface area contributed by atoms with E-state index in [2.05, 4.69) is 58.2 Å². The van der Waals surface area contributed by atoms with Crippen molar-refractivity contribution in [3.63, 3.8) is 0 Å². The molecule has 20 heavy (non-hydrogen) atoms. The number of rotatable bonds is 4. The van der Waals surface area contributed by atoms with Gasteiger partial charge in [0.2, 0.25) is 0 Å². The lowest BCUT2D eigenvalue weighted by Gasteiger charge is -2.15. The van der Waals surface area contributed by atoms with E-state index in [0.717, 1.165) is 36.8 Å². The van der Waals surface area contributed by atoms with Gasteiger partial charge in [-0.3, -0.25) is 0 Å². The number of nitrogens with one attached hydrogen (secondary N) is 1. The molecule has 106 valence electrons. The molecule has 1 aromatic carbocycles. The van der Waals surface area contributed by atoms with Gasteiger partial charge in [-0.05, 0) is 36.5 Å². The standard InChI is InChI=1S/C16H22N4/c1-12(2)13-6-8-14(9-7-13)17-11-16-19-18-15-5-3-4-10-20(15)16/h6-9,12,17H,3-5,10-11H2,1-2H3. The first-order chi connectivity index (χ1) is 9.74. The van der Waals surface area contributed by atoms with E-state index < -0.39 is 0 Å². The molecule has 1 N–H and O–H groups in total. The number of fused-ring (bicyclic) bond motifs is 1. The van der Waals surface area contributed by atoms with Crippen LogP contribution in [0.25, 0.3) is 0 Å². The van der Waals surface area contributed by atoms with Crippen LogP contribution in [0.3, 0.4) is 0 Å². The molecule has 0 atom stereocenters. The Hall–Kier alpha value is -1.84. The molecule has 4 heteroatoms. The highest BCUT2D eigenvalue weighted by molar-refractivity contribution is 5.45. The number of hydrogen-bond acceptors (Lipinski definition) is 3. The Morgan fingerprint density at radius 2 is 1.95 bits per heavy atom. The monoisotopic (exact) mass is 270 g/mol. The first-order valence-electron chi connectivity index (χ1n) is 7.49. The van der Waals surface area contributed by atoms with E-state index in [0.29, 0.717) is 5.92 Å². The highest BCUT2D eigenvalue weighted by Crippen LogP contribution is 2.18. The molecule has 2 aromatic rings. The molecular weight excluding hydrogens is 248 g/mol. The summed E-state index contributed by atoms with van der Waals surface area (Å²) >= 11 is 0. The van der Waals surface area contributed by atoms with Crippen LogP contribution in [-0.2, 0) is 19.5 Å². The third-order valence-electron chi connectivity index (χ3n) is 3.96. The largest absolute Gasteiger partial charge is 0.378 e. The van der Waals surface area contributed by atoms with Gasteiger partial charge in [-0.2, -0.15) is 0 Å². The Bertz CT molecular complexity index is 569. The highest BCUT2D eigenvalue weighted by atomic mass is 15.3. The van der Waals surface area contributed by atoms with E-state index in [9.17, 15) is 0 Å². The summed E-state index contributed by atoms with van der Waals surface area (Å²) in [5, 5.41) is 12.0. The Morgan fingerprint density at radius 3 is 2.70 bits per heavy atom. The van der Waals surface area contributed by atoms with Crippen LogP contribution in [-0.4, -0.2) is 14.8 Å². The first kappa shape index (κ1) is 13.2. The fourth-order valence-electron chi connectivity index (χ4n) is 2.67. The summed E-state index contributed by atoms with van der Waals surface area (Å²) in [5.74, 6) is 2.77. The van der Waals surface area contributed by atoms with E-state index in [1.807, 2.05) is 0 Å². The van der Waals surface area contributed by atoms with Gasteiger partial charge in [-0.1, -0.05) is 26.0 Å². The van der Waals surface area contributed by atoms with Crippen LogP contribution >= 0.6 is 0 Å². The van der Waals surface area contributed by atoms with Crippen LogP contribution in [0.1, 0.15) is 49.8 Å². The van der Waals surface area contributed by atoms with Crippen LogP contribution in [0.15, 0.2) is 24.3 Å². The molecule has 0 radical (unpaired) electrons. The van der Waals surface area contributed by atoms with Crippen LogP contribution in [0.2, 0.25) is 0 Å². The second kappa shape index (κ2) is 5.65. The average Bonchev–Trinajstić information content (AvgIpc) is 2.89. The molecule has 0 amide bonds. The zero-order chi connectivity index (χ0) is 13.9. The van der Waals surface area contributed by atoms with Crippen molar-refractivity contribution >= 4 is 5.69 Å². The number of nitrogens with zero attached hydrogens (tertiary/aromatic N) is 3. The molecule has 0 spiro atoms. The smallest absolute Gasteiger partial charge is 0.152 e. The maximum absolute atomic E-state index is 4.31. The van der Waals surface area contributed by atoms with Gasteiger partial charge in [0.15, 0.2) is 5.82 Å². The fourth-order valence-corrected chi connectivity index (χ4v) is 2.67. The Morgan fingerprint density at radius 1 is 1.15 bits per heavy atom. The van der Waals surface area contributed by atoms with Crippen molar-refractivity contribution in [3.8, 4) is 0 Å². The Kier molecular flexibility index (Phi) is 3.72. The maximum Gasteiger partial charge on any atom is 0.152 e. The molecule has 0 saturated carbocycles. The van der Waals surface area contributed by atoms with Crippen LogP contribution in [0.4, 0.5) is 5.69 Å². The number of hydrogen-bond donors (Lipinski definition) is 1. The molecule has 2 heterocycles. The molecule has 0 unspecified atom stereocenters. The first-order valence-corrected chi connectivity index (χ1v) is 7.49. The van der Waals surface area contributed by atoms with Crippen molar-refractivity contribution in [1.29, 1.82) is 0 Å². The molecular formula is C16H22N4. The Balaban J connectivity index is 1.66. The average molecular weight is 270 g/mol. The van der Waals surface area contributed by atoms with Crippen molar-refractivity contribution in [3.05, 3.63) is 41.5 Å². The predicted molar refractivity (Wildman–Crippen MR) is 80.8 cm³/mol. The highest BCUT2D eigenvalue weighted by Gasteiger charge is 2.15. The van der Waals surface area contributed by atoms with Gasteiger partial charge in [0.1, 0.15) is 5.82 Å². The van der Waals surface area contributed by atoms with E-state index >= 15 is 0 Å². The zero-order valence-electron chi connectivity index (χ0n) is 12.3. The topological polar surface area (TPSA) is 42.7 Å². The summed E-state index contributed by atoms with van der Waals surface area (Å²) in [6.07, 6.45) is 3.54. The third kappa shape index (κ3) is 2.69. The predicted octanol–water partition coefficient (Wildman–Crippen LogP) is 3.35. The van der Waals surface area contributed by atoms with E-state index in [-0.39, 0.29) is 0 Å². The summed E-state index contributed by atoms with van der Waals surface area (Å²) in [4.78, 5) is 0. The summed E-state index contributed by atoms with van der Waals surface area (Å²) in [5.41, 5.74) is 2.51. The lowest BCUT2D eigenvalue weighted by atomic mass is 10.0. The molecule has 0 aliphatic carbocycles. The van der Waals surface area contributed by atoms with Crippen molar-refractivity contribution in [2.24, 2.45) is 0 Å². The minimum atomic E-state index is 0.576. The minimum absolute atomic E-state index is 0.576. The lowest BCUT2D eigenvalue weighted by Crippen LogP contribution is -2.15. The second-order valence-corrected chi connectivity index (χ2v) is 5.77. The molecule has 3 rings (SSSR count). The second-order valence-electron chi connectivity index (χ2n) is 5.77. The minimum Gasteiger partial charge on any atom is -0.378 e. The zero-order valence-corrected chi connectivity index (χ0v) is 12.3. The number of anilines is 1. The maximum atomic E-state index is 4.31. The molecule has 1 aromatic heterocycles. The summed E-state index contributed by atoms with van der Waals surface area (Å²) in [6, 6.07) is 8.66. The number of aryl methyl sites for hydroxylation is 1. The van der Waals surface area contributed by atoms with Gasteiger partial charge >= 0.3 is 0 Å². The van der Waals surface area contributed by atoms with Crippen molar-refractivity contribution in [2.75, 3.05) is 5.32 Å². The van der Waals surface area contributed by atoms with Crippen LogP contribution < -0.4 is 5.32 Å². The van der Waals surface area contributed by atoms with Crippen LogP contribution in [0, 0.1) is 0 Å². The number of benzene rings is 1. The normalized spacial score (nSPS) is 14.3. The van der Waals surface area contributed by atoms with Gasteiger partial charge in [0.05, 0.1) is 6.54 Å². The van der Waals surface area contributed by atoms with Gasteiger partial charge in [-0.15, -0.1) is 10.2 Å². The van der Waals surface area contributed by atoms with Gasteiger partial charge in [0.25, 0.3) is 0 Å².